The molecule has 2 aromatic rings. The van der Waals surface area contributed by atoms with Gasteiger partial charge in [-0.15, -0.1) is 0 Å². The second-order valence-corrected chi connectivity index (χ2v) is 6.24. The molecule has 1 unspecified atom stereocenters. The third-order valence-corrected chi connectivity index (χ3v) is 4.24. The Balaban J connectivity index is 2.43. The highest BCUT2D eigenvalue weighted by atomic mass is 16.6. The first-order valence-corrected chi connectivity index (χ1v) is 8.61. The monoisotopic (exact) mass is 383 g/mol. The summed E-state index contributed by atoms with van der Waals surface area (Å²) < 4.78 is 9.91. The molecule has 0 amide bonds. The van der Waals surface area contributed by atoms with Gasteiger partial charge in [0.05, 0.1) is 18.6 Å². The molecule has 0 N–H and O–H groups in total. The number of methoxy groups -OCH3 is 1. The number of hydrogen-bond donors (Lipinski definition) is 0. The summed E-state index contributed by atoms with van der Waals surface area (Å²) in [5, 5.41) is 11.4. The molecule has 0 aromatic heterocycles. The fraction of sp³-hybridized carbons (Fsp3) is 0.238. The van der Waals surface area contributed by atoms with Crippen molar-refractivity contribution in [2.24, 2.45) is 0 Å². The van der Waals surface area contributed by atoms with Gasteiger partial charge in [-0.05, 0) is 30.7 Å². The van der Waals surface area contributed by atoms with Crippen LogP contribution < -0.4 is 0 Å². The van der Waals surface area contributed by atoms with E-state index in [0.717, 1.165) is 12.7 Å². The van der Waals surface area contributed by atoms with E-state index in [0.29, 0.717) is 5.56 Å². The molecule has 28 heavy (non-hydrogen) atoms. The Kier molecular flexibility index (Phi) is 7.03. The zero-order chi connectivity index (χ0) is 20.7. The van der Waals surface area contributed by atoms with Crippen LogP contribution in [-0.2, 0) is 14.3 Å². The first-order chi connectivity index (χ1) is 13.3. The van der Waals surface area contributed by atoms with Crippen LogP contribution in [0.3, 0.4) is 0 Å². The Morgan fingerprint density at radius 2 is 1.68 bits per heavy atom. The summed E-state index contributed by atoms with van der Waals surface area (Å²) in [5.41, 5.74) is 1.85. The van der Waals surface area contributed by atoms with Crippen LogP contribution in [0.5, 0.6) is 0 Å². The summed E-state index contributed by atoms with van der Waals surface area (Å²) in [6.07, 6.45) is 1.27. The van der Waals surface area contributed by atoms with Crippen LogP contribution in [0, 0.1) is 17.0 Å². The molecule has 7 nitrogen and oxygen atoms in total. The van der Waals surface area contributed by atoms with E-state index >= 15 is 0 Å². The van der Waals surface area contributed by atoms with Crippen LogP contribution in [0.1, 0.15) is 34.3 Å². The number of nitro groups is 1. The summed E-state index contributed by atoms with van der Waals surface area (Å²) in [6.45, 7) is 3.32. The predicted octanol–water partition coefficient (Wildman–Crippen LogP) is 3.66. The summed E-state index contributed by atoms with van der Waals surface area (Å²) in [5.74, 6) is -2.84. The maximum atomic E-state index is 12.3. The zero-order valence-electron chi connectivity index (χ0n) is 15.8. The number of hydrogen-bond acceptors (Lipinski definition) is 6. The number of ether oxygens (including phenoxy) is 2. The molecule has 2 aromatic carbocycles. The van der Waals surface area contributed by atoms with Crippen molar-refractivity contribution in [2.75, 3.05) is 7.11 Å². The Morgan fingerprint density at radius 1 is 1.07 bits per heavy atom. The SMILES string of the molecule is COC(=O)/C(=C/[C@H](c1ccc(C)cc1)C(C)[N+](=O)[O-])OC(=O)c1ccccc1. The number of aryl methyl sites for hydroxylation is 1. The third kappa shape index (κ3) is 5.26. The molecule has 0 bridgehead atoms. The van der Waals surface area contributed by atoms with Gasteiger partial charge in [-0.1, -0.05) is 48.0 Å². The highest BCUT2D eigenvalue weighted by molar-refractivity contribution is 5.95. The number of nitrogens with zero attached hydrogens (tertiary/aromatic N) is 1. The topological polar surface area (TPSA) is 95.7 Å². The van der Waals surface area contributed by atoms with Crippen molar-refractivity contribution in [3.8, 4) is 0 Å². The average Bonchev–Trinajstić information content (AvgIpc) is 2.71. The van der Waals surface area contributed by atoms with E-state index in [1.165, 1.54) is 25.1 Å². The predicted molar refractivity (Wildman–Crippen MR) is 102 cm³/mol. The number of rotatable bonds is 7. The minimum absolute atomic E-state index is 0.242. The molecule has 0 aliphatic carbocycles. The molecule has 0 fully saturated rings. The quantitative estimate of drug-likeness (QED) is 0.238. The van der Waals surface area contributed by atoms with Gasteiger partial charge in [0.15, 0.2) is 0 Å². The Morgan fingerprint density at radius 3 is 2.21 bits per heavy atom. The number of esters is 2. The lowest BCUT2D eigenvalue weighted by Crippen LogP contribution is -2.25. The smallest absolute Gasteiger partial charge is 0.373 e. The van der Waals surface area contributed by atoms with Gasteiger partial charge in [0.25, 0.3) is 0 Å². The highest BCUT2D eigenvalue weighted by Crippen LogP contribution is 2.26. The van der Waals surface area contributed by atoms with Crippen LogP contribution >= 0.6 is 0 Å². The second kappa shape index (κ2) is 9.45. The zero-order valence-corrected chi connectivity index (χ0v) is 15.8. The summed E-state index contributed by atoms with van der Waals surface area (Å²) >= 11 is 0. The molecule has 0 saturated heterocycles. The number of carbonyl (C=O) groups excluding carboxylic acids is 2. The number of benzene rings is 2. The first kappa shape index (κ1) is 20.8. The fourth-order valence-electron chi connectivity index (χ4n) is 2.57. The van der Waals surface area contributed by atoms with Crippen molar-refractivity contribution in [1.29, 1.82) is 0 Å². The summed E-state index contributed by atoms with van der Waals surface area (Å²) in [7, 11) is 1.14. The van der Waals surface area contributed by atoms with Gasteiger partial charge >= 0.3 is 11.9 Å². The molecule has 146 valence electrons. The van der Waals surface area contributed by atoms with E-state index in [9.17, 15) is 19.7 Å². The van der Waals surface area contributed by atoms with Crippen molar-refractivity contribution in [2.45, 2.75) is 25.8 Å². The lowest BCUT2D eigenvalue weighted by molar-refractivity contribution is -0.520. The van der Waals surface area contributed by atoms with E-state index in [4.69, 9.17) is 9.47 Å². The Hall–Kier alpha value is -3.48. The van der Waals surface area contributed by atoms with Gasteiger partial charge in [-0.2, -0.15) is 0 Å². The molecule has 0 spiro atoms. The summed E-state index contributed by atoms with van der Waals surface area (Å²) in [6, 6.07) is 14.2. The van der Waals surface area contributed by atoms with Crippen molar-refractivity contribution in [3.63, 3.8) is 0 Å². The van der Waals surface area contributed by atoms with Crippen LogP contribution in [0.2, 0.25) is 0 Å². The lowest BCUT2D eigenvalue weighted by Gasteiger charge is -2.17. The molecule has 7 heteroatoms. The van der Waals surface area contributed by atoms with Crippen molar-refractivity contribution >= 4 is 11.9 Å². The minimum Gasteiger partial charge on any atom is -0.463 e. The Labute approximate surface area is 162 Å². The molecule has 0 aliphatic heterocycles. The highest BCUT2D eigenvalue weighted by Gasteiger charge is 2.30. The van der Waals surface area contributed by atoms with Crippen LogP contribution in [-0.4, -0.2) is 30.0 Å². The van der Waals surface area contributed by atoms with Crippen molar-refractivity contribution in [1.82, 2.24) is 0 Å². The largest absolute Gasteiger partial charge is 0.463 e. The molecular formula is C21H21NO6. The van der Waals surface area contributed by atoms with Crippen molar-refractivity contribution in [3.05, 3.63) is 93.2 Å². The van der Waals surface area contributed by atoms with E-state index in [1.54, 1.807) is 30.3 Å². The molecule has 2 rings (SSSR count). The van der Waals surface area contributed by atoms with Gasteiger partial charge in [-0.3, -0.25) is 10.1 Å². The normalized spacial score (nSPS) is 13.3. The first-order valence-electron chi connectivity index (χ1n) is 8.61. The molecule has 0 radical (unpaired) electrons. The lowest BCUT2D eigenvalue weighted by atomic mass is 9.91. The van der Waals surface area contributed by atoms with Crippen LogP contribution in [0.4, 0.5) is 0 Å². The molecule has 0 aliphatic rings. The average molecular weight is 383 g/mol. The third-order valence-electron chi connectivity index (χ3n) is 4.24. The summed E-state index contributed by atoms with van der Waals surface area (Å²) in [4.78, 5) is 35.4. The molecular weight excluding hydrogens is 362 g/mol. The van der Waals surface area contributed by atoms with E-state index in [-0.39, 0.29) is 5.56 Å². The van der Waals surface area contributed by atoms with Crippen LogP contribution in [0.15, 0.2) is 66.4 Å². The molecule has 0 saturated carbocycles. The minimum atomic E-state index is -1.06. The van der Waals surface area contributed by atoms with Crippen LogP contribution in [0.25, 0.3) is 0 Å². The van der Waals surface area contributed by atoms with E-state index in [1.807, 2.05) is 19.1 Å². The second-order valence-electron chi connectivity index (χ2n) is 6.24. The van der Waals surface area contributed by atoms with Crippen molar-refractivity contribution < 1.29 is 24.0 Å². The van der Waals surface area contributed by atoms with E-state index < -0.39 is 34.6 Å². The molecule has 0 heterocycles. The van der Waals surface area contributed by atoms with Gasteiger partial charge < -0.3 is 9.47 Å². The fourth-order valence-corrected chi connectivity index (χ4v) is 2.57. The van der Waals surface area contributed by atoms with Gasteiger partial charge in [-0.25, -0.2) is 9.59 Å². The Bertz CT molecular complexity index is 874. The molecule has 2 atom stereocenters. The standard InChI is InChI=1S/C21H21NO6/c1-14-9-11-16(12-10-14)18(15(2)22(25)26)13-19(21(24)27-3)28-20(23)17-7-5-4-6-8-17/h4-13,15,18H,1-3H3/b19-13-/t15?,18-/m0/s1. The van der Waals surface area contributed by atoms with Gasteiger partial charge in [0, 0.05) is 11.8 Å². The van der Waals surface area contributed by atoms with Gasteiger partial charge in [0.1, 0.15) is 0 Å². The van der Waals surface area contributed by atoms with Gasteiger partial charge in [0.2, 0.25) is 11.8 Å². The number of carbonyl (C=O) groups is 2. The maximum absolute atomic E-state index is 12.3. The maximum Gasteiger partial charge on any atom is 0.373 e. The van der Waals surface area contributed by atoms with E-state index in [2.05, 4.69) is 0 Å².